The van der Waals surface area contributed by atoms with E-state index in [1.807, 2.05) is 24.3 Å². The van der Waals surface area contributed by atoms with Crippen LogP contribution in [0, 0.1) is 0 Å². The molecule has 3 rings (SSSR count). The first-order valence-corrected chi connectivity index (χ1v) is 13.0. The van der Waals surface area contributed by atoms with Gasteiger partial charge in [0.1, 0.15) is 5.70 Å². The standard InChI is InChI=1S/C24H28N2O7S2/c1-24(2,3)15-5-7-16(8-6-15)34-20-13-17(35(30,31)32)9-10-19(20)25-21-18(23(29)33-4)14-26(11-12-27)22(21)28/h5-10,13,25,27H,11-12,14H2,1-4H3,(H,30,31,32). The number of ether oxygens (including phenoxy) is 1. The third kappa shape index (κ3) is 6.23. The number of hydrogen-bond donors (Lipinski definition) is 3. The number of anilines is 1. The Labute approximate surface area is 208 Å². The summed E-state index contributed by atoms with van der Waals surface area (Å²) in [5.74, 6) is -1.19. The second-order valence-corrected chi connectivity index (χ2v) is 11.5. The van der Waals surface area contributed by atoms with E-state index in [1.54, 1.807) is 0 Å². The number of amides is 1. The van der Waals surface area contributed by atoms with Gasteiger partial charge in [0.25, 0.3) is 16.0 Å². The van der Waals surface area contributed by atoms with Gasteiger partial charge in [-0.05, 0) is 41.3 Å². The fourth-order valence-electron chi connectivity index (χ4n) is 3.48. The summed E-state index contributed by atoms with van der Waals surface area (Å²) in [7, 11) is -3.27. The van der Waals surface area contributed by atoms with Crippen LogP contribution in [0.1, 0.15) is 26.3 Å². The van der Waals surface area contributed by atoms with Crippen molar-refractivity contribution in [3.05, 3.63) is 59.3 Å². The van der Waals surface area contributed by atoms with Crippen molar-refractivity contribution in [3.8, 4) is 0 Å². The number of aliphatic hydroxyl groups is 1. The van der Waals surface area contributed by atoms with E-state index in [2.05, 4.69) is 26.1 Å². The number of β-amino-alcohol motifs (C(OH)–C–C–N with tert-alkyl or cyclic N) is 1. The van der Waals surface area contributed by atoms with E-state index < -0.39 is 22.0 Å². The number of carbonyl (C=O) groups excluding carboxylic acids is 2. The monoisotopic (exact) mass is 520 g/mol. The molecule has 1 aliphatic rings. The van der Waals surface area contributed by atoms with Gasteiger partial charge in [0.15, 0.2) is 0 Å². The maximum atomic E-state index is 12.9. The van der Waals surface area contributed by atoms with Gasteiger partial charge in [-0.1, -0.05) is 44.7 Å². The molecule has 0 saturated carbocycles. The van der Waals surface area contributed by atoms with Crippen LogP contribution in [-0.4, -0.2) is 61.7 Å². The minimum absolute atomic E-state index is 0.0187. The maximum Gasteiger partial charge on any atom is 0.337 e. The summed E-state index contributed by atoms with van der Waals surface area (Å²) in [5, 5.41) is 12.2. The number of rotatable bonds is 8. The maximum absolute atomic E-state index is 12.9. The lowest BCUT2D eigenvalue weighted by Gasteiger charge is -2.19. The first-order valence-electron chi connectivity index (χ1n) is 10.7. The van der Waals surface area contributed by atoms with Crippen LogP contribution in [0.4, 0.5) is 5.69 Å². The topological polar surface area (TPSA) is 133 Å². The Morgan fingerprint density at radius 2 is 1.83 bits per heavy atom. The second-order valence-electron chi connectivity index (χ2n) is 8.93. The molecule has 0 aliphatic carbocycles. The highest BCUT2D eigenvalue weighted by atomic mass is 32.2. The van der Waals surface area contributed by atoms with Gasteiger partial charge in [-0.3, -0.25) is 9.35 Å². The van der Waals surface area contributed by atoms with Gasteiger partial charge in [0, 0.05) is 16.3 Å². The molecule has 35 heavy (non-hydrogen) atoms. The summed E-state index contributed by atoms with van der Waals surface area (Å²) in [5.41, 5.74) is 1.52. The van der Waals surface area contributed by atoms with Crippen LogP contribution in [0.5, 0.6) is 0 Å². The van der Waals surface area contributed by atoms with Crippen LogP contribution in [-0.2, 0) is 29.9 Å². The summed E-state index contributed by atoms with van der Waals surface area (Å²) < 4.78 is 37.9. The molecule has 0 bridgehead atoms. The van der Waals surface area contributed by atoms with E-state index in [0.717, 1.165) is 10.5 Å². The molecule has 2 aromatic rings. The van der Waals surface area contributed by atoms with Crippen molar-refractivity contribution in [1.29, 1.82) is 0 Å². The summed E-state index contributed by atoms with van der Waals surface area (Å²) in [6, 6.07) is 11.7. The molecule has 1 heterocycles. The minimum atomic E-state index is -4.47. The molecule has 0 saturated heterocycles. The molecule has 0 atom stereocenters. The lowest BCUT2D eigenvalue weighted by molar-refractivity contribution is -0.136. The molecule has 11 heteroatoms. The van der Waals surface area contributed by atoms with Crippen molar-refractivity contribution in [3.63, 3.8) is 0 Å². The van der Waals surface area contributed by atoms with Gasteiger partial charge >= 0.3 is 5.97 Å². The summed E-state index contributed by atoms with van der Waals surface area (Å²) in [4.78, 5) is 27.4. The zero-order valence-corrected chi connectivity index (χ0v) is 21.5. The second kappa shape index (κ2) is 10.4. The Morgan fingerprint density at radius 1 is 1.17 bits per heavy atom. The largest absolute Gasteiger partial charge is 0.466 e. The van der Waals surface area contributed by atoms with Crippen LogP contribution in [0.15, 0.2) is 68.4 Å². The molecule has 0 radical (unpaired) electrons. The smallest absolute Gasteiger partial charge is 0.337 e. The van der Waals surface area contributed by atoms with Gasteiger partial charge in [-0.2, -0.15) is 8.42 Å². The van der Waals surface area contributed by atoms with Gasteiger partial charge in [-0.15, -0.1) is 0 Å². The van der Waals surface area contributed by atoms with Crippen molar-refractivity contribution in [2.45, 2.75) is 40.9 Å². The quantitative estimate of drug-likeness (QED) is 0.355. The molecular weight excluding hydrogens is 492 g/mol. The fraction of sp³-hybridized carbons (Fsp3) is 0.333. The number of esters is 1. The van der Waals surface area contributed by atoms with Gasteiger partial charge in [0.2, 0.25) is 0 Å². The zero-order valence-electron chi connectivity index (χ0n) is 19.9. The zero-order chi connectivity index (χ0) is 26.0. The van der Waals surface area contributed by atoms with Crippen LogP contribution >= 0.6 is 11.8 Å². The summed E-state index contributed by atoms with van der Waals surface area (Å²) >= 11 is 1.23. The fourth-order valence-corrected chi connectivity index (χ4v) is 5.01. The Kier molecular flexibility index (Phi) is 7.95. The Morgan fingerprint density at radius 3 is 2.37 bits per heavy atom. The number of aliphatic hydroxyl groups excluding tert-OH is 1. The van der Waals surface area contributed by atoms with Gasteiger partial charge in [0.05, 0.1) is 36.4 Å². The highest BCUT2D eigenvalue weighted by Gasteiger charge is 2.35. The molecule has 0 spiro atoms. The molecule has 0 aromatic heterocycles. The average Bonchev–Trinajstić information content (AvgIpc) is 3.09. The molecule has 0 unspecified atom stereocenters. The van der Waals surface area contributed by atoms with Crippen molar-refractivity contribution >= 4 is 39.4 Å². The molecule has 3 N–H and O–H groups in total. The van der Waals surface area contributed by atoms with Crippen molar-refractivity contribution in [2.75, 3.05) is 32.1 Å². The van der Waals surface area contributed by atoms with Crippen molar-refractivity contribution in [1.82, 2.24) is 4.90 Å². The number of benzene rings is 2. The molecule has 1 aliphatic heterocycles. The highest BCUT2D eigenvalue weighted by molar-refractivity contribution is 7.99. The van der Waals surface area contributed by atoms with E-state index in [4.69, 9.17) is 4.74 Å². The first kappa shape index (κ1) is 26.7. The SMILES string of the molecule is COC(=O)C1=C(Nc2ccc(S(=O)(=O)O)cc2Sc2ccc(C(C)(C)C)cc2)C(=O)N(CCO)C1. The average molecular weight is 521 g/mol. The molecule has 1 amide bonds. The van der Waals surface area contributed by atoms with Crippen molar-refractivity contribution < 1.29 is 32.4 Å². The van der Waals surface area contributed by atoms with Crippen LogP contribution < -0.4 is 5.32 Å². The first-order chi connectivity index (χ1) is 16.3. The number of hydrogen-bond acceptors (Lipinski definition) is 8. The molecular formula is C24H28N2O7S2. The van der Waals surface area contributed by atoms with E-state index in [-0.39, 0.29) is 41.3 Å². The molecule has 9 nitrogen and oxygen atoms in total. The molecule has 2 aromatic carbocycles. The van der Waals surface area contributed by atoms with Crippen LogP contribution in [0.2, 0.25) is 0 Å². The lowest BCUT2D eigenvalue weighted by atomic mass is 9.87. The van der Waals surface area contributed by atoms with Gasteiger partial charge < -0.3 is 20.1 Å². The Balaban J connectivity index is 2.03. The lowest BCUT2D eigenvalue weighted by Crippen LogP contribution is -2.31. The summed E-state index contributed by atoms with van der Waals surface area (Å²) in [6.45, 7) is 6.01. The van der Waals surface area contributed by atoms with Crippen molar-refractivity contribution in [2.24, 2.45) is 0 Å². The third-order valence-electron chi connectivity index (χ3n) is 5.41. The van der Waals surface area contributed by atoms with E-state index in [1.165, 1.54) is 42.0 Å². The number of methoxy groups -OCH3 is 1. The van der Waals surface area contributed by atoms with E-state index in [9.17, 15) is 27.7 Å². The molecule has 188 valence electrons. The predicted molar refractivity (Wildman–Crippen MR) is 132 cm³/mol. The minimum Gasteiger partial charge on any atom is -0.466 e. The number of nitrogens with zero attached hydrogens (tertiary/aromatic N) is 1. The van der Waals surface area contributed by atoms with Gasteiger partial charge in [-0.25, -0.2) is 4.79 Å². The van der Waals surface area contributed by atoms with Crippen LogP contribution in [0.25, 0.3) is 0 Å². The normalized spacial score (nSPS) is 14.5. The summed E-state index contributed by atoms with van der Waals surface area (Å²) in [6.07, 6.45) is 0. The third-order valence-corrected chi connectivity index (χ3v) is 7.33. The van der Waals surface area contributed by atoms with E-state index in [0.29, 0.717) is 10.6 Å². The Hall–Kier alpha value is -2.86. The number of nitrogens with one attached hydrogen (secondary N) is 1. The Bertz CT molecular complexity index is 1260. The van der Waals surface area contributed by atoms with E-state index >= 15 is 0 Å². The highest BCUT2D eigenvalue weighted by Crippen LogP contribution is 2.37. The predicted octanol–water partition coefficient (Wildman–Crippen LogP) is 3.06. The number of carbonyl (C=O) groups is 2. The van der Waals surface area contributed by atoms with Crippen LogP contribution in [0.3, 0.4) is 0 Å². The molecule has 0 fully saturated rings.